The van der Waals surface area contributed by atoms with Gasteiger partial charge in [-0.1, -0.05) is 19.3 Å². The number of rotatable bonds is 5. The van der Waals surface area contributed by atoms with Crippen LogP contribution in [-0.4, -0.2) is 45.4 Å². The summed E-state index contributed by atoms with van der Waals surface area (Å²) in [6.07, 6.45) is 6.28. The van der Waals surface area contributed by atoms with Crippen LogP contribution < -0.4 is 0 Å². The molecular formula is C14H29NO2. The summed E-state index contributed by atoms with van der Waals surface area (Å²) in [4.78, 5) is 2.28. The molecule has 0 saturated heterocycles. The Morgan fingerprint density at radius 2 is 1.29 bits per heavy atom. The molecule has 0 aromatic heterocycles. The average molecular weight is 243 g/mol. The Labute approximate surface area is 106 Å². The Bertz CT molecular complexity index is 205. The lowest BCUT2D eigenvalue weighted by atomic mass is 9.92. The number of nitrogens with zero attached hydrogens (tertiary/aromatic N) is 1. The van der Waals surface area contributed by atoms with E-state index < -0.39 is 11.2 Å². The van der Waals surface area contributed by atoms with Crippen molar-refractivity contribution in [1.82, 2.24) is 4.90 Å². The molecule has 2 N–H and O–H groups in total. The average Bonchev–Trinajstić information content (AvgIpc) is 2.14. The van der Waals surface area contributed by atoms with Crippen LogP contribution in [0.5, 0.6) is 0 Å². The smallest absolute Gasteiger partial charge is 0.0718 e. The maximum absolute atomic E-state index is 9.99. The normalized spacial score (nSPS) is 19.9. The maximum atomic E-state index is 9.99. The zero-order chi connectivity index (χ0) is 13.1. The fraction of sp³-hybridized carbons (Fsp3) is 1.00. The molecule has 0 heterocycles. The van der Waals surface area contributed by atoms with Gasteiger partial charge in [0.05, 0.1) is 11.2 Å². The van der Waals surface area contributed by atoms with E-state index in [0.29, 0.717) is 19.1 Å². The molecule has 3 heteroatoms. The largest absolute Gasteiger partial charge is 0.389 e. The molecule has 1 aliphatic rings. The van der Waals surface area contributed by atoms with Gasteiger partial charge in [-0.2, -0.15) is 0 Å². The number of hydrogen-bond acceptors (Lipinski definition) is 3. The number of hydrogen-bond donors (Lipinski definition) is 2. The van der Waals surface area contributed by atoms with Crippen molar-refractivity contribution in [2.75, 3.05) is 13.1 Å². The lowest BCUT2D eigenvalue weighted by Crippen LogP contribution is -2.50. The van der Waals surface area contributed by atoms with Gasteiger partial charge >= 0.3 is 0 Å². The Morgan fingerprint density at radius 1 is 0.882 bits per heavy atom. The second kappa shape index (κ2) is 5.68. The highest BCUT2D eigenvalue weighted by molar-refractivity contribution is 4.84. The Morgan fingerprint density at radius 3 is 1.65 bits per heavy atom. The standard InChI is InChI=1S/C14H29NO2/c1-13(2,16)10-15(11-14(3,4)17)12-8-6-5-7-9-12/h12,16-17H,5-11H2,1-4H3. The van der Waals surface area contributed by atoms with E-state index in [4.69, 9.17) is 0 Å². The summed E-state index contributed by atoms with van der Waals surface area (Å²) in [5, 5.41) is 20.0. The molecule has 1 aliphatic carbocycles. The van der Waals surface area contributed by atoms with Crippen LogP contribution in [0.25, 0.3) is 0 Å². The lowest BCUT2D eigenvalue weighted by molar-refractivity contribution is -0.0300. The van der Waals surface area contributed by atoms with Gasteiger partial charge in [-0.3, -0.25) is 4.90 Å². The summed E-state index contributed by atoms with van der Waals surface area (Å²) < 4.78 is 0. The van der Waals surface area contributed by atoms with Gasteiger partial charge < -0.3 is 10.2 Å². The maximum Gasteiger partial charge on any atom is 0.0718 e. The molecule has 0 amide bonds. The molecule has 1 fully saturated rings. The fourth-order valence-electron chi connectivity index (χ4n) is 2.75. The summed E-state index contributed by atoms with van der Waals surface area (Å²) in [6.45, 7) is 8.64. The van der Waals surface area contributed by atoms with Gasteiger partial charge in [-0.25, -0.2) is 0 Å². The first kappa shape index (κ1) is 14.9. The van der Waals surface area contributed by atoms with Crippen LogP contribution in [0.2, 0.25) is 0 Å². The van der Waals surface area contributed by atoms with Gasteiger partial charge in [0.15, 0.2) is 0 Å². The summed E-state index contributed by atoms with van der Waals surface area (Å²) >= 11 is 0. The van der Waals surface area contributed by atoms with Gasteiger partial charge in [0.2, 0.25) is 0 Å². The summed E-state index contributed by atoms with van der Waals surface area (Å²) in [7, 11) is 0. The van der Waals surface area contributed by atoms with E-state index in [1.165, 1.54) is 32.1 Å². The highest BCUT2D eigenvalue weighted by Gasteiger charge is 2.29. The molecule has 0 spiro atoms. The monoisotopic (exact) mass is 243 g/mol. The van der Waals surface area contributed by atoms with E-state index >= 15 is 0 Å². The zero-order valence-corrected chi connectivity index (χ0v) is 11.9. The van der Waals surface area contributed by atoms with Gasteiger partial charge in [0, 0.05) is 19.1 Å². The first-order chi connectivity index (χ1) is 7.67. The van der Waals surface area contributed by atoms with E-state index in [1.807, 2.05) is 27.7 Å². The van der Waals surface area contributed by atoms with Crippen molar-refractivity contribution >= 4 is 0 Å². The Hall–Kier alpha value is -0.120. The quantitative estimate of drug-likeness (QED) is 0.777. The Balaban J connectivity index is 2.63. The van der Waals surface area contributed by atoms with Crippen LogP contribution in [-0.2, 0) is 0 Å². The Kier molecular flexibility index (Phi) is 4.99. The van der Waals surface area contributed by atoms with Gasteiger partial charge in [-0.05, 0) is 40.5 Å². The van der Waals surface area contributed by atoms with Crippen molar-refractivity contribution < 1.29 is 10.2 Å². The molecule has 0 aromatic rings. The summed E-state index contributed by atoms with van der Waals surface area (Å²) in [5.74, 6) is 0. The van der Waals surface area contributed by atoms with E-state index in [-0.39, 0.29) is 0 Å². The van der Waals surface area contributed by atoms with E-state index in [0.717, 1.165) is 0 Å². The van der Waals surface area contributed by atoms with Crippen molar-refractivity contribution in [3.05, 3.63) is 0 Å². The van der Waals surface area contributed by atoms with Crippen molar-refractivity contribution in [3.63, 3.8) is 0 Å². The molecular weight excluding hydrogens is 214 g/mol. The van der Waals surface area contributed by atoms with Crippen molar-refractivity contribution in [2.24, 2.45) is 0 Å². The van der Waals surface area contributed by atoms with E-state index in [9.17, 15) is 10.2 Å². The zero-order valence-electron chi connectivity index (χ0n) is 11.9. The molecule has 0 aromatic carbocycles. The minimum absolute atomic E-state index is 0.529. The van der Waals surface area contributed by atoms with Gasteiger partial charge in [-0.15, -0.1) is 0 Å². The van der Waals surface area contributed by atoms with Crippen LogP contribution in [0, 0.1) is 0 Å². The molecule has 0 bridgehead atoms. The van der Waals surface area contributed by atoms with Gasteiger partial charge in [0.1, 0.15) is 0 Å². The predicted octanol–water partition coefficient (Wildman–Crippen LogP) is 2.16. The molecule has 0 unspecified atom stereocenters. The fourth-order valence-corrected chi connectivity index (χ4v) is 2.75. The summed E-state index contributed by atoms with van der Waals surface area (Å²) in [5.41, 5.74) is -1.38. The first-order valence-electron chi connectivity index (χ1n) is 6.86. The predicted molar refractivity (Wildman–Crippen MR) is 71.0 cm³/mol. The lowest BCUT2D eigenvalue weighted by Gasteiger charge is -2.40. The summed E-state index contributed by atoms with van der Waals surface area (Å²) in [6, 6.07) is 0.529. The minimum atomic E-state index is -0.692. The van der Waals surface area contributed by atoms with E-state index in [2.05, 4.69) is 4.90 Å². The van der Waals surface area contributed by atoms with Crippen molar-refractivity contribution in [3.8, 4) is 0 Å². The molecule has 3 nitrogen and oxygen atoms in total. The molecule has 1 rings (SSSR count). The topological polar surface area (TPSA) is 43.7 Å². The molecule has 102 valence electrons. The minimum Gasteiger partial charge on any atom is -0.389 e. The second-order valence-electron chi connectivity index (χ2n) is 6.82. The third-order valence-corrected chi connectivity index (χ3v) is 3.27. The van der Waals surface area contributed by atoms with E-state index in [1.54, 1.807) is 0 Å². The van der Waals surface area contributed by atoms with Crippen LogP contribution in [0.3, 0.4) is 0 Å². The van der Waals surface area contributed by atoms with Crippen molar-refractivity contribution in [2.45, 2.75) is 77.0 Å². The highest BCUT2D eigenvalue weighted by atomic mass is 16.3. The molecule has 1 saturated carbocycles. The van der Waals surface area contributed by atoms with Crippen LogP contribution in [0.1, 0.15) is 59.8 Å². The van der Waals surface area contributed by atoms with Crippen LogP contribution in [0.15, 0.2) is 0 Å². The van der Waals surface area contributed by atoms with Crippen LogP contribution >= 0.6 is 0 Å². The third-order valence-electron chi connectivity index (χ3n) is 3.27. The van der Waals surface area contributed by atoms with Crippen LogP contribution in [0.4, 0.5) is 0 Å². The SMILES string of the molecule is CC(C)(O)CN(CC(C)(C)O)C1CCCCC1. The number of aliphatic hydroxyl groups is 2. The van der Waals surface area contributed by atoms with Gasteiger partial charge in [0.25, 0.3) is 0 Å². The second-order valence-corrected chi connectivity index (χ2v) is 6.82. The molecule has 0 aliphatic heterocycles. The molecule has 0 radical (unpaired) electrons. The van der Waals surface area contributed by atoms with Crippen molar-refractivity contribution in [1.29, 1.82) is 0 Å². The molecule has 0 atom stereocenters. The third kappa shape index (κ3) is 6.39. The first-order valence-corrected chi connectivity index (χ1v) is 6.86. The highest BCUT2D eigenvalue weighted by Crippen LogP contribution is 2.25. The molecule has 17 heavy (non-hydrogen) atoms.